The molecule has 0 saturated carbocycles. The van der Waals surface area contributed by atoms with E-state index in [2.05, 4.69) is 10.2 Å². The summed E-state index contributed by atoms with van der Waals surface area (Å²) in [6, 6.07) is 11.0. The first kappa shape index (κ1) is 11.9. The van der Waals surface area contributed by atoms with Gasteiger partial charge in [-0.05, 0) is 23.8 Å². The van der Waals surface area contributed by atoms with Gasteiger partial charge in [0.05, 0.1) is 13.3 Å². The molecule has 2 rings (SSSR count). The highest BCUT2D eigenvalue weighted by Crippen LogP contribution is 2.15. The molecular formula is C13H11N3O2. The van der Waals surface area contributed by atoms with Crippen molar-refractivity contribution < 1.29 is 9.47 Å². The van der Waals surface area contributed by atoms with Crippen LogP contribution < -0.4 is 9.47 Å². The fourth-order valence-electron chi connectivity index (χ4n) is 1.38. The van der Waals surface area contributed by atoms with E-state index in [9.17, 15) is 0 Å². The molecular weight excluding hydrogens is 230 g/mol. The van der Waals surface area contributed by atoms with Crippen molar-refractivity contribution in [2.24, 2.45) is 0 Å². The maximum atomic E-state index is 8.87. The van der Waals surface area contributed by atoms with Crippen molar-refractivity contribution in [3.05, 3.63) is 47.7 Å². The summed E-state index contributed by atoms with van der Waals surface area (Å²) in [7, 11) is 1.62. The minimum Gasteiger partial charge on any atom is -0.497 e. The summed E-state index contributed by atoms with van der Waals surface area (Å²) in [6.07, 6.45) is 1.46. The van der Waals surface area contributed by atoms with Crippen LogP contribution in [0.5, 0.6) is 11.6 Å². The number of hydrogen-bond acceptors (Lipinski definition) is 5. The van der Waals surface area contributed by atoms with Crippen molar-refractivity contribution in [3.8, 4) is 17.7 Å². The van der Waals surface area contributed by atoms with Gasteiger partial charge in [0.25, 0.3) is 5.88 Å². The molecule has 18 heavy (non-hydrogen) atoms. The molecule has 1 aromatic heterocycles. The number of aromatic nitrogens is 2. The summed E-state index contributed by atoms with van der Waals surface area (Å²) in [5, 5.41) is 16.3. The van der Waals surface area contributed by atoms with Crippen molar-refractivity contribution >= 4 is 0 Å². The molecule has 90 valence electrons. The molecule has 1 heterocycles. The molecule has 5 nitrogen and oxygen atoms in total. The van der Waals surface area contributed by atoms with E-state index in [1.807, 2.05) is 30.3 Å². The molecule has 2 aromatic rings. The average Bonchev–Trinajstić information content (AvgIpc) is 2.46. The minimum absolute atomic E-state index is 0.246. The van der Waals surface area contributed by atoms with Crippen LogP contribution in [0.1, 0.15) is 11.1 Å². The van der Waals surface area contributed by atoms with Crippen LogP contribution in [0.15, 0.2) is 36.5 Å². The third-order valence-electron chi connectivity index (χ3n) is 2.34. The molecule has 5 heteroatoms. The van der Waals surface area contributed by atoms with Gasteiger partial charge in [-0.15, -0.1) is 5.10 Å². The van der Waals surface area contributed by atoms with Crippen LogP contribution in [0.3, 0.4) is 0 Å². The van der Waals surface area contributed by atoms with E-state index < -0.39 is 0 Å². The van der Waals surface area contributed by atoms with Gasteiger partial charge >= 0.3 is 0 Å². The third kappa shape index (κ3) is 2.74. The highest BCUT2D eigenvalue weighted by molar-refractivity contribution is 5.36. The maximum Gasteiger partial charge on any atom is 0.251 e. The van der Waals surface area contributed by atoms with Crippen molar-refractivity contribution in [1.29, 1.82) is 5.26 Å². The molecule has 0 aliphatic carbocycles. The van der Waals surface area contributed by atoms with Gasteiger partial charge in [-0.1, -0.05) is 12.1 Å². The molecule has 0 aliphatic heterocycles. The first-order valence-electron chi connectivity index (χ1n) is 5.31. The zero-order valence-electron chi connectivity index (χ0n) is 9.83. The Morgan fingerprint density at radius 1 is 1.22 bits per heavy atom. The van der Waals surface area contributed by atoms with Crippen LogP contribution in [-0.2, 0) is 6.61 Å². The van der Waals surface area contributed by atoms with E-state index in [4.69, 9.17) is 14.7 Å². The molecule has 0 atom stereocenters. The van der Waals surface area contributed by atoms with Crippen LogP contribution in [0, 0.1) is 11.3 Å². The first-order chi connectivity index (χ1) is 8.83. The third-order valence-corrected chi connectivity index (χ3v) is 2.34. The van der Waals surface area contributed by atoms with Crippen molar-refractivity contribution in [2.45, 2.75) is 6.61 Å². The standard InChI is InChI=1S/C13H11N3O2/c1-17-12-4-2-10(3-5-12)9-18-13-11(8-14)6-7-15-16-13/h2-7H,9H2,1H3. The van der Waals surface area contributed by atoms with E-state index >= 15 is 0 Å². The Morgan fingerprint density at radius 2 is 2.00 bits per heavy atom. The number of rotatable bonds is 4. The number of benzene rings is 1. The lowest BCUT2D eigenvalue weighted by atomic mass is 10.2. The van der Waals surface area contributed by atoms with E-state index in [-0.39, 0.29) is 5.88 Å². The van der Waals surface area contributed by atoms with Crippen molar-refractivity contribution in [3.63, 3.8) is 0 Å². The van der Waals surface area contributed by atoms with Crippen LogP contribution in [0.4, 0.5) is 0 Å². The topological polar surface area (TPSA) is 68.0 Å². The van der Waals surface area contributed by atoms with Crippen LogP contribution in [0.25, 0.3) is 0 Å². The molecule has 0 saturated heterocycles. The summed E-state index contributed by atoms with van der Waals surface area (Å²) in [5.74, 6) is 1.03. The number of nitrogens with zero attached hydrogens (tertiary/aromatic N) is 3. The predicted octanol–water partition coefficient (Wildman–Crippen LogP) is 1.94. The summed E-state index contributed by atoms with van der Waals surface area (Å²) in [6.45, 7) is 0.331. The average molecular weight is 241 g/mol. The second kappa shape index (κ2) is 5.64. The number of nitriles is 1. The van der Waals surface area contributed by atoms with E-state index in [0.29, 0.717) is 12.2 Å². The van der Waals surface area contributed by atoms with Crippen LogP contribution >= 0.6 is 0 Å². The summed E-state index contributed by atoms with van der Waals surface area (Å²) in [5.41, 5.74) is 1.34. The Labute approximate surface area is 105 Å². The van der Waals surface area contributed by atoms with Crippen LogP contribution in [0.2, 0.25) is 0 Å². The SMILES string of the molecule is COc1ccc(COc2nnccc2C#N)cc1. The van der Waals surface area contributed by atoms with E-state index in [1.165, 1.54) is 6.20 Å². The fraction of sp³-hybridized carbons (Fsp3) is 0.154. The summed E-state index contributed by atoms with van der Waals surface area (Å²) < 4.78 is 10.5. The molecule has 0 bridgehead atoms. The van der Waals surface area contributed by atoms with Gasteiger partial charge in [-0.25, -0.2) is 0 Å². The van der Waals surface area contributed by atoms with Gasteiger partial charge in [-0.3, -0.25) is 0 Å². The van der Waals surface area contributed by atoms with Gasteiger partial charge in [0.1, 0.15) is 24.0 Å². The monoisotopic (exact) mass is 241 g/mol. The summed E-state index contributed by atoms with van der Waals surface area (Å²) >= 11 is 0. The van der Waals surface area contributed by atoms with E-state index in [1.54, 1.807) is 13.2 Å². The normalized spacial score (nSPS) is 9.56. The predicted molar refractivity (Wildman–Crippen MR) is 64.1 cm³/mol. The first-order valence-corrected chi connectivity index (χ1v) is 5.31. The van der Waals surface area contributed by atoms with Gasteiger partial charge in [0.15, 0.2) is 0 Å². The zero-order valence-corrected chi connectivity index (χ0v) is 9.83. The quantitative estimate of drug-likeness (QED) is 0.818. The lowest BCUT2D eigenvalue weighted by Gasteiger charge is -2.06. The Hall–Kier alpha value is -2.61. The number of methoxy groups -OCH3 is 1. The molecule has 0 amide bonds. The van der Waals surface area contributed by atoms with E-state index in [0.717, 1.165) is 11.3 Å². The van der Waals surface area contributed by atoms with Gasteiger partial charge in [0, 0.05) is 0 Å². The molecule has 0 N–H and O–H groups in total. The largest absolute Gasteiger partial charge is 0.497 e. The Morgan fingerprint density at radius 3 is 2.67 bits per heavy atom. The van der Waals surface area contributed by atoms with Gasteiger partial charge in [0.2, 0.25) is 0 Å². The minimum atomic E-state index is 0.246. The zero-order chi connectivity index (χ0) is 12.8. The van der Waals surface area contributed by atoms with Gasteiger partial charge < -0.3 is 9.47 Å². The van der Waals surface area contributed by atoms with Crippen LogP contribution in [-0.4, -0.2) is 17.3 Å². The Balaban J connectivity index is 2.05. The molecule has 0 aliphatic rings. The smallest absolute Gasteiger partial charge is 0.251 e. The second-order valence-electron chi connectivity index (χ2n) is 3.50. The van der Waals surface area contributed by atoms with Gasteiger partial charge in [-0.2, -0.15) is 10.4 Å². The second-order valence-corrected chi connectivity index (χ2v) is 3.50. The van der Waals surface area contributed by atoms with Crippen molar-refractivity contribution in [1.82, 2.24) is 10.2 Å². The molecule has 1 aromatic carbocycles. The lowest BCUT2D eigenvalue weighted by Crippen LogP contribution is -2.00. The molecule has 0 radical (unpaired) electrons. The highest BCUT2D eigenvalue weighted by atomic mass is 16.5. The Bertz CT molecular complexity index is 561. The number of hydrogen-bond donors (Lipinski definition) is 0. The molecule has 0 unspecified atom stereocenters. The fourth-order valence-corrected chi connectivity index (χ4v) is 1.38. The Kier molecular flexibility index (Phi) is 3.72. The molecule has 0 spiro atoms. The van der Waals surface area contributed by atoms with Crippen molar-refractivity contribution in [2.75, 3.05) is 7.11 Å². The highest BCUT2D eigenvalue weighted by Gasteiger charge is 2.04. The number of ether oxygens (including phenoxy) is 2. The lowest BCUT2D eigenvalue weighted by molar-refractivity contribution is 0.289. The summed E-state index contributed by atoms with van der Waals surface area (Å²) in [4.78, 5) is 0. The maximum absolute atomic E-state index is 8.87. The molecule has 0 fully saturated rings.